The number of aromatic nitrogens is 2. The number of carbonyl (C=O) groups excluding carboxylic acids is 1. The first-order chi connectivity index (χ1) is 12.5. The van der Waals surface area contributed by atoms with Gasteiger partial charge >= 0.3 is 0 Å². The van der Waals surface area contributed by atoms with Crippen molar-refractivity contribution in [2.75, 3.05) is 12.4 Å². The third kappa shape index (κ3) is 3.15. The molecule has 0 saturated heterocycles. The first-order valence-electron chi connectivity index (χ1n) is 8.23. The summed E-state index contributed by atoms with van der Waals surface area (Å²) in [5.74, 6) is 1.01. The Hall–Kier alpha value is -2.86. The fourth-order valence-corrected chi connectivity index (χ4v) is 2.95. The Bertz CT molecular complexity index is 1070. The molecule has 1 aromatic carbocycles. The molecule has 26 heavy (non-hydrogen) atoms. The average Bonchev–Trinajstić information content (AvgIpc) is 3.48. The number of rotatable bonds is 4. The number of methoxy groups -OCH3 is 1. The molecule has 0 aliphatic heterocycles. The summed E-state index contributed by atoms with van der Waals surface area (Å²) in [5, 5.41) is 3.49. The van der Waals surface area contributed by atoms with Crippen LogP contribution in [0.5, 0.6) is 5.75 Å². The molecular weight excluding hydrogens is 354 g/mol. The number of benzene rings is 1. The number of halogens is 1. The molecule has 3 aromatic rings. The van der Waals surface area contributed by atoms with Gasteiger partial charge in [-0.05, 0) is 37.1 Å². The van der Waals surface area contributed by atoms with E-state index in [0.29, 0.717) is 22.6 Å². The monoisotopic (exact) mass is 369 g/mol. The van der Waals surface area contributed by atoms with Crippen LogP contribution in [-0.2, 0) is 0 Å². The quantitative estimate of drug-likeness (QED) is 0.734. The fraction of sp³-hybridized carbons (Fsp3) is 0.211. The van der Waals surface area contributed by atoms with Crippen molar-refractivity contribution in [3.05, 3.63) is 63.0 Å². The second kappa shape index (κ2) is 6.46. The van der Waals surface area contributed by atoms with Gasteiger partial charge in [0.05, 0.1) is 18.2 Å². The van der Waals surface area contributed by atoms with Crippen molar-refractivity contribution >= 4 is 34.2 Å². The Morgan fingerprint density at radius 2 is 2.12 bits per heavy atom. The molecule has 2 heterocycles. The lowest BCUT2D eigenvalue weighted by atomic mass is 10.0. The molecule has 0 bridgehead atoms. The predicted octanol–water partition coefficient (Wildman–Crippen LogP) is 3.71. The van der Waals surface area contributed by atoms with E-state index < -0.39 is 0 Å². The van der Waals surface area contributed by atoms with Gasteiger partial charge in [0.2, 0.25) is 5.43 Å². The molecule has 1 fully saturated rings. The number of nitrogens with zero attached hydrogens (tertiary/aromatic N) is 1. The number of carbonyl (C=O) groups is 1. The molecule has 7 heteroatoms. The van der Waals surface area contributed by atoms with Crippen LogP contribution in [-0.4, -0.2) is 23.0 Å². The number of amides is 1. The number of fused-ring (bicyclic) bond motifs is 1. The minimum atomic E-state index is -0.361. The molecule has 0 unspecified atom stereocenters. The summed E-state index contributed by atoms with van der Waals surface area (Å²) in [4.78, 5) is 32.0. The highest BCUT2D eigenvalue weighted by molar-refractivity contribution is 6.30. The fourth-order valence-electron chi connectivity index (χ4n) is 2.84. The second-order valence-electron chi connectivity index (χ2n) is 6.27. The van der Waals surface area contributed by atoms with Gasteiger partial charge in [0.25, 0.3) is 5.91 Å². The lowest BCUT2D eigenvalue weighted by Crippen LogP contribution is -2.16. The molecule has 132 valence electrons. The summed E-state index contributed by atoms with van der Waals surface area (Å²) in [5.41, 5.74) is 1.79. The van der Waals surface area contributed by atoms with Crippen LogP contribution in [0, 0.1) is 0 Å². The highest BCUT2D eigenvalue weighted by Crippen LogP contribution is 2.40. The van der Waals surface area contributed by atoms with E-state index in [1.54, 1.807) is 13.2 Å². The highest BCUT2D eigenvalue weighted by Gasteiger charge is 2.27. The van der Waals surface area contributed by atoms with Gasteiger partial charge < -0.3 is 15.0 Å². The SMILES string of the molecule is COc1ccc2nc(C3CC3)cc(C(=O)Nc3cc(=O)c(Cl)c[nH]3)c2c1. The summed E-state index contributed by atoms with van der Waals surface area (Å²) in [6, 6.07) is 8.54. The van der Waals surface area contributed by atoms with Crippen LogP contribution in [0.2, 0.25) is 5.02 Å². The first-order valence-corrected chi connectivity index (χ1v) is 8.61. The Morgan fingerprint density at radius 3 is 2.81 bits per heavy atom. The Balaban J connectivity index is 1.78. The van der Waals surface area contributed by atoms with Crippen LogP contribution >= 0.6 is 11.6 Å². The molecule has 2 aromatic heterocycles. The van der Waals surface area contributed by atoms with Gasteiger partial charge in [-0.25, -0.2) is 0 Å². The van der Waals surface area contributed by atoms with Gasteiger partial charge in [0.15, 0.2) is 0 Å². The van der Waals surface area contributed by atoms with Gasteiger partial charge in [-0.15, -0.1) is 0 Å². The Kier molecular flexibility index (Phi) is 4.12. The Morgan fingerprint density at radius 1 is 1.31 bits per heavy atom. The zero-order valence-electron chi connectivity index (χ0n) is 14.0. The minimum absolute atomic E-state index is 0.0677. The van der Waals surface area contributed by atoms with Crippen molar-refractivity contribution < 1.29 is 9.53 Å². The molecule has 1 aliphatic carbocycles. The Labute approximate surface area is 154 Å². The summed E-state index contributed by atoms with van der Waals surface area (Å²) in [7, 11) is 1.57. The minimum Gasteiger partial charge on any atom is -0.497 e. The van der Waals surface area contributed by atoms with Crippen LogP contribution in [0.1, 0.15) is 34.8 Å². The summed E-state index contributed by atoms with van der Waals surface area (Å²) < 4.78 is 5.27. The topological polar surface area (TPSA) is 84.1 Å². The van der Waals surface area contributed by atoms with Gasteiger partial charge in [0.1, 0.15) is 16.6 Å². The number of hydrogen-bond donors (Lipinski definition) is 2. The number of nitrogens with one attached hydrogen (secondary N) is 2. The van der Waals surface area contributed by atoms with Crippen molar-refractivity contribution in [2.24, 2.45) is 0 Å². The van der Waals surface area contributed by atoms with E-state index in [1.807, 2.05) is 18.2 Å². The molecule has 1 aliphatic rings. The van der Waals surface area contributed by atoms with E-state index >= 15 is 0 Å². The van der Waals surface area contributed by atoms with Crippen molar-refractivity contribution in [1.29, 1.82) is 0 Å². The third-order valence-corrected chi connectivity index (χ3v) is 4.68. The second-order valence-corrected chi connectivity index (χ2v) is 6.67. The largest absolute Gasteiger partial charge is 0.497 e. The van der Waals surface area contributed by atoms with Gasteiger partial charge in [0, 0.05) is 29.3 Å². The van der Waals surface area contributed by atoms with E-state index in [1.165, 1.54) is 12.3 Å². The van der Waals surface area contributed by atoms with Crippen molar-refractivity contribution in [1.82, 2.24) is 9.97 Å². The van der Waals surface area contributed by atoms with E-state index in [0.717, 1.165) is 24.1 Å². The highest BCUT2D eigenvalue weighted by atomic mass is 35.5. The van der Waals surface area contributed by atoms with Gasteiger partial charge in [-0.3, -0.25) is 14.6 Å². The summed E-state index contributed by atoms with van der Waals surface area (Å²) >= 11 is 5.73. The molecule has 6 nitrogen and oxygen atoms in total. The maximum absolute atomic E-state index is 12.9. The zero-order valence-corrected chi connectivity index (χ0v) is 14.8. The van der Waals surface area contributed by atoms with Crippen LogP contribution in [0.15, 0.2) is 41.3 Å². The lowest BCUT2D eigenvalue weighted by molar-refractivity contribution is 0.102. The van der Waals surface area contributed by atoms with E-state index in [2.05, 4.69) is 15.3 Å². The number of H-pyrrole nitrogens is 1. The number of pyridine rings is 2. The molecule has 0 spiro atoms. The molecule has 4 rings (SSSR count). The van der Waals surface area contributed by atoms with Crippen molar-refractivity contribution in [3.8, 4) is 5.75 Å². The van der Waals surface area contributed by atoms with E-state index in [9.17, 15) is 9.59 Å². The lowest BCUT2D eigenvalue weighted by Gasteiger charge is -2.11. The normalized spacial score (nSPS) is 13.6. The third-order valence-electron chi connectivity index (χ3n) is 4.39. The number of aromatic amines is 1. The summed E-state index contributed by atoms with van der Waals surface area (Å²) in [6.07, 6.45) is 3.52. The van der Waals surface area contributed by atoms with Gasteiger partial charge in [-0.1, -0.05) is 11.6 Å². The van der Waals surface area contributed by atoms with Gasteiger partial charge in [-0.2, -0.15) is 0 Å². The maximum atomic E-state index is 12.9. The smallest absolute Gasteiger partial charge is 0.257 e. The number of hydrogen-bond acceptors (Lipinski definition) is 4. The van der Waals surface area contributed by atoms with Crippen LogP contribution in [0.25, 0.3) is 10.9 Å². The molecular formula is C19H16ClN3O3. The first kappa shape index (κ1) is 16.6. The van der Waals surface area contributed by atoms with Crippen LogP contribution in [0.3, 0.4) is 0 Å². The van der Waals surface area contributed by atoms with E-state index in [-0.39, 0.29) is 22.2 Å². The van der Waals surface area contributed by atoms with Crippen molar-refractivity contribution in [3.63, 3.8) is 0 Å². The van der Waals surface area contributed by atoms with Crippen LogP contribution < -0.4 is 15.5 Å². The predicted molar refractivity (Wildman–Crippen MR) is 100 cm³/mol. The molecule has 2 N–H and O–H groups in total. The van der Waals surface area contributed by atoms with E-state index in [4.69, 9.17) is 16.3 Å². The zero-order chi connectivity index (χ0) is 18.3. The van der Waals surface area contributed by atoms with Crippen molar-refractivity contribution in [2.45, 2.75) is 18.8 Å². The molecule has 0 atom stereocenters. The molecule has 0 radical (unpaired) electrons. The number of anilines is 1. The number of ether oxygens (including phenoxy) is 1. The maximum Gasteiger partial charge on any atom is 0.257 e. The average molecular weight is 370 g/mol. The standard InChI is InChI=1S/C19H16ClN3O3/c1-26-11-4-5-15-12(6-11)13(7-16(22-15)10-2-3-10)19(25)23-18-8-17(24)14(20)9-21-18/h4-10H,2-3H2,1H3,(H2,21,23,24,25). The van der Waals surface area contributed by atoms with Crippen LogP contribution in [0.4, 0.5) is 5.82 Å². The molecule has 1 amide bonds. The summed E-state index contributed by atoms with van der Waals surface area (Å²) in [6.45, 7) is 0. The molecule has 1 saturated carbocycles.